The van der Waals surface area contributed by atoms with E-state index in [1.54, 1.807) is 0 Å². The number of carbonyl (C=O) groups is 1. The topological polar surface area (TPSA) is 104 Å². The van der Waals surface area contributed by atoms with E-state index in [2.05, 4.69) is 10.2 Å². The number of hydrogen-bond donors (Lipinski definition) is 1. The van der Waals surface area contributed by atoms with Crippen LogP contribution in [0.2, 0.25) is 4.34 Å². The van der Waals surface area contributed by atoms with E-state index in [9.17, 15) is 21.6 Å². The summed E-state index contributed by atoms with van der Waals surface area (Å²) < 4.78 is 50.4. The maximum Gasteiger partial charge on any atom is 0.252 e. The number of nitrogens with one attached hydrogen (secondary N) is 1. The molecule has 0 aromatic carbocycles. The van der Waals surface area contributed by atoms with Gasteiger partial charge in [-0.3, -0.25) is 9.69 Å². The Balaban J connectivity index is 1.65. The summed E-state index contributed by atoms with van der Waals surface area (Å²) in [6.07, 6.45) is 2.03. The fraction of sp³-hybridized carbons (Fsp3) is 0.667. The molecule has 2 unspecified atom stereocenters. The minimum atomic E-state index is -3.82. The number of halogens is 1. The minimum Gasteiger partial charge on any atom is -0.350 e. The summed E-state index contributed by atoms with van der Waals surface area (Å²) in [6, 6.07) is 2.10. The Kier molecular flexibility index (Phi) is 6.19. The molecule has 0 bridgehead atoms. The molecule has 1 amide bonds. The molecular formula is C15H22ClN3O5S3. The molecule has 12 heteroatoms. The average Bonchev–Trinajstić information content (AvgIpc) is 3.27. The molecule has 0 saturated carbocycles. The molecule has 8 nitrogen and oxygen atoms in total. The summed E-state index contributed by atoms with van der Waals surface area (Å²) in [4.78, 5) is 14.5. The van der Waals surface area contributed by atoms with Crippen LogP contribution in [0.3, 0.4) is 0 Å². The maximum atomic E-state index is 12.5. The van der Waals surface area contributed by atoms with Gasteiger partial charge in [-0.2, -0.15) is 4.31 Å². The maximum absolute atomic E-state index is 12.5. The number of rotatable bonds is 6. The van der Waals surface area contributed by atoms with Crippen molar-refractivity contribution in [3.8, 4) is 0 Å². The summed E-state index contributed by atoms with van der Waals surface area (Å²) in [5, 5.41) is 2.73. The number of likely N-dealkylation sites (tertiary alicyclic amines) is 1. The monoisotopic (exact) mass is 455 g/mol. The van der Waals surface area contributed by atoms with Crippen LogP contribution in [0.4, 0.5) is 0 Å². The van der Waals surface area contributed by atoms with E-state index in [-0.39, 0.29) is 28.3 Å². The Labute approximate surface area is 168 Å². The highest BCUT2D eigenvalue weighted by molar-refractivity contribution is 7.91. The van der Waals surface area contributed by atoms with Crippen molar-refractivity contribution in [3.05, 3.63) is 16.5 Å². The summed E-state index contributed by atoms with van der Waals surface area (Å²) in [6.45, 7) is 1.25. The zero-order valence-electron chi connectivity index (χ0n) is 14.8. The van der Waals surface area contributed by atoms with Gasteiger partial charge in [0.15, 0.2) is 9.84 Å². The molecule has 3 heterocycles. The van der Waals surface area contributed by atoms with E-state index in [1.807, 2.05) is 0 Å². The molecule has 2 aliphatic heterocycles. The van der Waals surface area contributed by atoms with Gasteiger partial charge in [0.05, 0.1) is 28.4 Å². The van der Waals surface area contributed by atoms with Gasteiger partial charge in [-0.15, -0.1) is 11.3 Å². The summed E-state index contributed by atoms with van der Waals surface area (Å²) in [5.41, 5.74) is 0. The van der Waals surface area contributed by atoms with Crippen molar-refractivity contribution in [3.63, 3.8) is 0 Å². The zero-order valence-corrected chi connectivity index (χ0v) is 18.0. The van der Waals surface area contributed by atoms with Crippen LogP contribution in [-0.4, -0.2) is 82.2 Å². The molecule has 2 atom stereocenters. The third kappa shape index (κ3) is 4.83. The van der Waals surface area contributed by atoms with Crippen LogP contribution < -0.4 is 5.32 Å². The number of sulfonamides is 1. The first-order valence-corrected chi connectivity index (χ1v) is 13.0. The molecule has 1 N–H and O–H groups in total. The highest BCUT2D eigenvalue weighted by Gasteiger charge is 2.42. The Hall–Kier alpha value is -0.720. The normalized spacial score (nSPS) is 25.9. The minimum absolute atomic E-state index is 0.0276. The van der Waals surface area contributed by atoms with Gasteiger partial charge in [0.25, 0.3) is 10.0 Å². The molecule has 2 aliphatic rings. The molecule has 0 aliphatic carbocycles. The molecule has 1 aromatic rings. The molecule has 0 spiro atoms. The molecule has 0 radical (unpaired) electrons. The zero-order chi connectivity index (χ0) is 19.8. The van der Waals surface area contributed by atoms with Gasteiger partial charge in [0.1, 0.15) is 4.21 Å². The van der Waals surface area contributed by atoms with Gasteiger partial charge in [-0.25, -0.2) is 16.8 Å². The second-order valence-electron chi connectivity index (χ2n) is 6.88. The molecule has 2 fully saturated rings. The van der Waals surface area contributed by atoms with Crippen LogP contribution in [0, 0.1) is 0 Å². The average molecular weight is 456 g/mol. The predicted octanol–water partition coefficient (Wildman–Crippen LogP) is 0.400. The fourth-order valence-electron chi connectivity index (χ4n) is 3.53. The quantitative estimate of drug-likeness (QED) is 0.665. The molecule has 1 aromatic heterocycles. The van der Waals surface area contributed by atoms with Crippen LogP contribution in [0.1, 0.15) is 12.8 Å². The third-order valence-electron chi connectivity index (χ3n) is 4.86. The van der Waals surface area contributed by atoms with E-state index in [1.165, 1.54) is 19.2 Å². The first kappa shape index (κ1) is 21.0. The van der Waals surface area contributed by atoms with E-state index >= 15 is 0 Å². The van der Waals surface area contributed by atoms with Gasteiger partial charge >= 0.3 is 0 Å². The lowest BCUT2D eigenvalue weighted by Gasteiger charge is -2.28. The van der Waals surface area contributed by atoms with Crippen molar-refractivity contribution in [2.24, 2.45) is 0 Å². The standard InChI is InChI=1S/C15H22ClN3O5S3/c1-18(27(23,24)15-5-4-13(16)25-15)8-14(20)17-11-9-26(21,22)10-12(11)19-6-2-3-7-19/h4-5,11-12H,2-3,6-10H2,1H3,(H,17,20). The third-order valence-corrected chi connectivity index (χ3v) is 10.1. The van der Waals surface area contributed by atoms with Crippen molar-refractivity contribution in [2.45, 2.75) is 29.1 Å². The summed E-state index contributed by atoms with van der Waals surface area (Å²) in [5.74, 6) is -0.605. The van der Waals surface area contributed by atoms with Crippen molar-refractivity contribution in [1.29, 1.82) is 0 Å². The highest BCUT2D eigenvalue weighted by Crippen LogP contribution is 2.27. The second kappa shape index (κ2) is 7.96. The Bertz CT molecular complexity index is 909. The van der Waals surface area contributed by atoms with Gasteiger partial charge in [-0.05, 0) is 38.1 Å². The number of hydrogen-bond acceptors (Lipinski definition) is 7. The molecular weight excluding hydrogens is 434 g/mol. The van der Waals surface area contributed by atoms with Crippen molar-refractivity contribution >= 4 is 48.7 Å². The van der Waals surface area contributed by atoms with E-state index < -0.39 is 31.8 Å². The van der Waals surface area contributed by atoms with Crippen LogP contribution in [-0.2, 0) is 24.7 Å². The number of likely N-dealkylation sites (N-methyl/N-ethyl adjacent to an activating group) is 1. The van der Waals surface area contributed by atoms with E-state index in [4.69, 9.17) is 11.6 Å². The molecule has 3 rings (SSSR count). The highest BCUT2D eigenvalue weighted by atomic mass is 35.5. The largest absolute Gasteiger partial charge is 0.350 e. The van der Waals surface area contributed by atoms with Crippen molar-refractivity contribution in [2.75, 3.05) is 38.2 Å². The number of carbonyl (C=O) groups excluding carboxylic acids is 1. The smallest absolute Gasteiger partial charge is 0.252 e. The van der Waals surface area contributed by atoms with Gasteiger partial charge in [-0.1, -0.05) is 11.6 Å². The van der Waals surface area contributed by atoms with Crippen LogP contribution in [0.25, 0.3) is 0 Å². The van der Waals surface area contributed by atoms with E-state index in [0.717, 1.165) is 41.6 Å². The van der Waals surface area contributed by atoms with Gasteiger partial charge in [0, 0.05) is 13.1 Å². The van der Waals surface area contributed by atoms with Crippen molar-refractivity contribution in [1.82, 2.24) is 14.5 Å². The number of nitrogens with zero attached hydrogens (tertiary/aromatic N) is 2. The van der Waals surface area contributed by atoms with Crippen molar-refractivity contribution < 1.29 is 21.6 Å². The van der Waals surface area contributed by atoms with Gasteiger partial charge < -0.3 is 5.32 Å². The van der Waals surface area contributed by atoms with E-state index in [0.29, 0.717) is 4.34 Å². The van der Waals surface area contributed by atoms with Crippen LogP contribution in [0.15, 0.2) is 16.3 Å². The SMILES string of the molecule is CN(CC(=O)NC1CS(=O)(=O)CC1N1CCCC1)S(=O)(=O)c1ccc(Cl)s1. The second-order valence-corrected chi connectivity index (χ2v) is 13.0. The fourth-order valence-corrected chi connectivity index (χ4v) is 8.30. The lowest BCUT2D eigenvalue weighted by Crippen LogP contribution is -2.52. The Morgan fingerprint density at radius 3 is 2.59 bits per heavy atom. The molecule has 2 saturated heterocycles. The summed E-state index contributed by atoms with van der Waals surface area (Å²) >= 11 is 6.71. The lowest BCUT2D eigenvalue weighted by atomic mass is 10.1. The van der Waals surface area contributed by atoms with Gasteiger partial charge in [0.2, 0.25) is 5.91 Å². The summed E-state index contributed by atoms with van der Waals surface area (Å²) in [7, 11) is -5.74. The number of amides is 1. The number of sulfone groups is 1. The Morgan fingerprint density at radius 2 is 2.00 bits per heavy atom. The Morgan fingerprint density at radius 1 is 1.33 bits per heavy atom. The van der Waals surface area contributed by atoms with Crippen LogP contribution in [0.5, 0.6) is 0 Å². The van der Waals surface area contributed by atoms with Crippen LogP contribution >= 0.6 is 22.9 Å². The first-order valence-electron chi connectivity index (χ1n) is 8.54. The number of thiophene rings is 1. The molecule has 152 valence electrons. The molecule has 27 heavy (non-hydrogen) atoms. The lowest BCUT2D eigenvalue weighted by molar-refractivity contribution is -0.122. The first-order chi connectivity index (χ1) is 12.6. The predicted molar refractivity (Wildman–Crippen MR) is 104 cm³/mol.